The Morgan fingerprint density at radius 1 is 1.15 bits per heavy atom. The molecule has 10 heteroatoms. The van der Waals surface area contributed by atoms with Gasteiger partial charge in [0.2, 0.25) is 11.9 Å². The lowest BCUT2D eigenvalue weighted by Gasteiger charge is -2.23. The molecule has 2 aromatic carbocycles. The van der Waals surface area contributed by atoms with Gasteiger partial charge in [-0.25, -0.2) is 9.97 Å². The largest absolute Gasteiger partial charge is 0.394 e. The van der Waals surface area contributed by atoms with E-state index in [1.807, 2.05) is 24.3 Å². The van der Waals surface area contributed by atoms with Crippen molar-refractivity contribution in [1.29, 1.82) is 0 Å². The fourth-order valence-corrected chi connectivity index (χ4v) is 5.59. The number of benzene rings is 2. The van der Waals surface area contributed by atoms with Gasteiger partial charge in [0, 0.05) is 36.9 Å². The van der Waals surface area contributed by atoms with Crippen molar-refractivity contribution < 1.29 is 19.4 Å². The number of hydrogen-bond donors (Lipinski definition) is 3. The minimum Gasteiger partial charge on any atom is -0.394 e. The van der Waals surface area contributed by atoms with Gasteiger partial charge < -0.3 is 25.4 Å². The van der Waals surface area contributed by atoms with Crippen LogP contribution < -0.4 is 10.6 Å². The van der Waals surface area contributed by atoms with Crippen LogP contribution in [-0.2, 0) is 16.1 Å². The monoisotopic (exact) mass is 561 g/mol. The van der Waals surface area contributed by atoms with Crippen LogP contribution in [0.15, 0.2) is 48.7 Å². The zero-order chi connectivity index (χ0) is 27.6. The summed E-state index contributed by atoms with van der Waals surface area (Å²) in [4.78, 5) is 36.7. The Hall–Kier alpha value is -3.53. The van der Waals surface area contributed by atoms with E-state index in [-0.39, 0.29) is 31.0 Å². The Balaban J connectivity index is 1.13. The van der Waals surface area contributed by atoms with Crippen LogP contribution in [0.4, 0.5) is 5.95 Å². The summed E-state index contributed by atoms with van der Waals surface area (Å²) in [5, 5.41) is 16.6. The van der Waals surface area contributed by atoms with E-state index in [4.69, 9.17) is 16.3 Å². The van der Waals surface area contributed by atoms with Gasteiger partial charge in [0.05, 0.1) is 29.6 Å². The molecule has 1 aromatic heterocycles. The SMILES string of the molecule is O=C(CN1Cc2ccc(-c3nc(NC4CCOCC4)ncc3Cl)cc2C1=O)NC(CO)c1cccc(C2CC2)c1. The summed E-state index contributed by atoms with van der Waals surface area (Å²) in [6.07, 6.45) is 5.68. The number of carbonyl (C=O) groups excluding carboxylic acids is 2. The molecule has 1 unspecified atom stereocenters. The maximum absolute atomic E-state index is 13.3. The van der Waals surface area contributed by atoms with Gasteiger partial charge in [0.15, 0.2) is 0 Å². The molecule has 1 atom stereocenters. The number of ether oxygens (including phenoxy) is 1. The van der Waals surface area contributed by atoms with Crippen molar-refractivity contribution in [2.75, 3.05) is 31.7 Å². The molecule has 40 heavy (non-hydrogen) atoms. The molecule has 1 saturated carbocycles. The molecule has 3 aromatic rings. The van der Waals surface area contributed by atoms with Gasteiger partial charge in [-0.15, -0.1) is 0 Å². The van der Waals surface area contributed by atoms with E-state index >= 15 is 0 Å². The summed E-state index contributed by atoms with van der Waals surface area (Å²) in [6.45, 7) is 1.41. The average molecular weight is 562 g/mol. The highest BCUT2D eigenvalue weighted by Crippen LogP contribution is 2.40. The van der Waals surface area contributed by atoms with E-state index in [2.05, 4.69) is 32.7 Å². The van der Waals surface area contributed by atoms with Crippen LogP contribution in [0, 0.1) is 0 Å². The number of aliphatic hydroxyl groups is 1. The minimum absolute atomic E-state index is 0.102. The van der Waals surface area contributed by atoms with E-state index in [9.17, 15) is 14.7 Å². The first-order chi connectivity index (χ1) is 19.5. The Bertz CT molecular complexity index is 1420. The number of aromatic nitrogens is 2. The van der Waals surface area contributed by atoms with E-state index < -0.39 is 6.04 Å². The van der Waals surface area contributed by atoms with Gasteiger partial charge in [0.1, 0.15) is 6.54 Å². The van der Waals surface area contributed by atoms with Crippen LogP contribution in [0.2, 0.25) is 5.02 Å². The Morgan fingerprint density at radius 2 is 1.98 bits per heavy atom. The highest BCUT2D eigenvalue weighted by atomic mass is 35.5. The van der Waals surface area contributed by atoms with E-state index in [0.29, 0.717) is 53.5 Å². The molecule has 0 bridgehead atoms. The Morgan fingerprint density at radius 3 is 2.75 bits per heavy atom. The van der Waals surface area contributed by atoms with Gasteiger partial charge in [-0.05, 0) is 54.4 Å². The summed E-state index contributed by atoms with van der Waals surface area (Å²) in [5.41, 5.74) is 4.71. The van der Waals surface area contributed by atoms with Gasteiger partial charge >= 0.3 is 0 Å². The third-order valence-corrected chi connectivity index (χ3v) is 8.05. The van der Waals surface area contributed by atoms with Crippen LogP contribution in [0.1, 0.15) is 64.7 Å². The Kier molecular flexibility index (Phi) is 7.69. The number of anilines is 1. The van der Waals surface area contributed by atoms with E-state index in [0.717, 1.165) is 24.0 Å². The molecular formula is C30H32ClN5O4. The van der Waals surface area contributed by atoms with Crippen molar-refractivity contribution in [3.05, 3.63) is 75.9 Å². The fraction of sp³-hybridized carbons (Fsp3) is 0.400. The van der Waals surface area contributed by atoms with Crippen LogP contribution in [0.25, 0.3) is 11.3 Å². The number of hydrogen-bond acceptors (Lipinski definition) is 7. The molecule has 6 rings (SSSR count). The maximum atomic E-state index is 13.3. The quantitative estimate of drug-likeness (QED) is 0.360. The summed E-state index contributed by atoms with van der Waals surface area (Å²) < 4.78 is 5.42. The predicted molar refractivity (Wildman–Crippen MR) is 151 cm³/mol. The van der Waals surface area contributed by atoms with Gasteiger partial charge in [-0.1, -0.05) is 48.0 Å². The lowest BCUT2D eigenvalue weighted by atomic mass is 10.0. The van der Waals surface area contributed by atoms with Crippen molar-refractivity contribution in [1.82, 2.24) is 20.2 Å². The first-order valence-electron chi connectivity index (χ1n) is 13.8. The van der Waals surface area contributed by atoms with Gasteiger partial charge in [0.25, 0.3) is 5.91 Å². The van der Waals surface area contributed by atoms with Crippen LogP contribution in [0.5, 0.6) is 0 Å². The number of nitrogens with one attached hydrogen (secondary N) is 2. The fourth-order valence-electron chi connectivity index (χ4n) is 5.39. The maximum Gasteiger partial charge on any atom is 0.254 e. The second-order valence-corrected chi connectivity index (χ2v) is 11.1. The molecular weight excluding hydrogens is 530 g/mol. The lowest BCUT2D eigenvalue weighted by Crippen LogP contribution is -2.40. The second-order valence-electron chi connectivity index (χ2n) is 10.7. The minimum atomic E-state index is -0.526. The van der Waals surface area contributed by atoms with Gasteiger partial charge in [-0.2, -0.15) is 0 Å². The molecule has 2 aliphatic heterocycles. The standard InChI is InChI=1S/C30H32ClN5O4/c31-25-14-32-30(33-23-8-10-40-11-9-23)35-28(25)21-6-7-22-15-36(29(39)24(22)13-21)16-27(38)34-26(17-37)20-3-1-2-19(12-20)18-4-5-18/h1-3,6-7,12-14,18,23,26,37H,4-5,8-11,15-17H2,(H,34,38)(H,32,33,35). The molecule has 9 nitrogen and oxygen atoms in total. The van der Waals surface area contributed by atoms with Crippen LogP contribution in [-0.4, -0.2) is 64.2 Å². The average Bonchev–Trinajstić information content (AvgIpc) is 3.78. The highest BCUT2D eigenvalue weighted by molar-refractivity contribution is 6.33. The molecule has 3 N–H and O–H groups in total. The number of rotatable bonds is 9. The number of carbonyl (C=O) groups is 2. The smallest absolute Gasteiger partial charge is 0.254 e. The van der Waals surface area contributed by atoms with Crippen LogP contribution >= 0.6 is 11.6 Å². The van der Waals surface area contributed by atoms with Crippen molar-refractivity contribution in [2.24, 2.45) is 0 Å². The number of fused-ring (bicyclic) bond motifs is 1. The van der Waals surface area contributed by atoms with Gasteiger partial charge in [-0.3, -0.25) is 9.59 Å². The molecule has 1 saturated heterocycles. The Labute approximate surface area is 237 Å². The van der Waals surface area contributed by atoms with E-state index in [1.54, 1.807) is 12.3 Å². The molecule has 208 valence electrons. The van der Waals surface area contributed by atoms with Crippen molar-refractivity contribution in [3.63, 3.8) is 0 Å². The summed E-state index contributed by atoms with van der Waals surface area (Å²) >= 11 is 6.46. The molecule has 2 fully saturated rings. The number of nitrogens with zero attached hydrogens (tertiary/aromatic N) is 3. The number of halogens is 1. The zero-order valence-electron chi connectivity index (χ0n) is 22.1. The number of amides is 2. The predicted octanol–water partition coefficient (Wildman–Crippen LogP) is 4.07. The summed E-state index contributed by atoms with van der Waals surface area (Å²) in [7, 11) is 0. The molecule has 3 aliphatic rings. The first-order valence-corrected chi connectivity index (χ1v) is 14.2. The number of aliphatic hydroxyl groups excluding tert-OH is 1. The normalized spacial score (nSPS) is 17.9. The molecule has 0 radical (unpaired) electrons. The molecule has 2 amide bonds. The van der Waals surface area contributed by atoms with E-state index in [1.165, 1.54) is 23.3 Å². The van der Waals surface area contributed by atoms with Crippen molar-refractivity contribution in [3.8, 4) is 11.3 Å². The second kappa shape index (κ2) is 11.5. The first kappa shape index (κ1) is 26.7. The third-order valence-electron chi connectivity index (χ3n) is 7.77. The van der Waals surface area contributed by atoms with Crippen LogP contribution in [0.3, 0.4) is 0 Å². The summed E-state index contributed by atoms with van der Waals surface area (Å²) in [6, 6.07) is 13.3. The molecule has 1 aliphatic carbocycles. The summed E-state index contributed by atoms with van der Waals surface area (Å²) in [5.74, 6) is 0.513. The zero-order valence-corrected chi connectivity index (χ0v) is 22.9. The molecule has 0 spiro atoms. The third kappa shape index (κ3) is 5.82. The lowest BCUT2D eigenvalue weighted by molar-refractivity contribution is -0.122. The highest BCUT2D eigenvalue weighted by Gasteiger charge is 2.30. The molecule has 3 heterocycles. The van der Waals surface area contributed by atoms with Crippen molar-refractivity contribution >= 4 is 29.4 Å². The topological polar surface area (TPSA) is 117 Å². The van der Waals surface area contributed by atoms with Crippen molar-refractivity contribution in [2.45, 2.75) is 50.2 Å².